The predicted molar refractivity (Wildman–Crippen MR) is 133 cm³/mol. The van der Waals surface area contributed by atoms with Gasteiger partial charge in [-0.25, -0.2) is 0 Å². The highest BCUT2D eigenvalue weighted by Crippen LogP contribution is 2.19. The number of esters is 1. The van der Waals surface area contributed by atoms with Crippen LogP contribution in [-0.4, -0.2) is 17.3 Å². The van der Waals surface area contributed by atoms with Gasteiger partial charge in [-0.3, -0.25) is 9.79 Å². The minimum Gasteiger partial charge on any atom is -0.508 e. The Bertz CT molecular complexity index is 781. The van der Waals surface area contributed by atoms with Crippen LogP contribution in [0.2, 0.25) is 0 Å². The van der Waals surface area contributed by atoms with Crippen molar-refractivity contribution in [3.63, 3.8) is 0 Å². The molecule has 0 heterocycles. The van der Waals surface area contributed by atoms with Crippen LogP contribution in [0.3, 0.4) is 0 Å². The Kier molecular flexibility index (Phi) is 12.9. The van der Waals surface area contributed by atoms with Gasteiger partial charge in [-0.05, 0) is 60.5 Å². The van der Waals surface area contributed by atoms with Gasteiger partial charge in [0.2, 0.25) is 0 Å². The van der Waals surface area contributed by atoms with Gasteiger partial charge in [0.15, 0.2) is 0 Å². The number of carbonyl (C=O) groups is 1. The summed E-state index contributed by atoms with van der Waals surface area (Å²) in [7, 11) is 0. The second kappa shape index (κ2) is 16.1. The van der Waals surface area contributed by atoms with Gasteiger partial charge in [-0.15, -0.1) is 0 Å². The molecule has 2 aromatic rings. The van der Waals surface area contributed by atoms with E-state index in [0.717, 1.165) is 24.1 Å². The van der Waals surface area contributed by atoms with Crippen LogP contribution in [0.15, 0.2) is 53.5 Å². The Morgan fingerprint density at radius 3 is 1.88 bits per heavy atom. The molecule has 0 saturated heterocycles. The lowest BCUT2D eigenvalue weighted by Gasteiger charge is -2.05. The molecule has 0 saturated carbocycles. The van der Waals surface area contributed by atoms with Gasteiger partial charge in [-0.1, -0.05) is 77.6 Å². The molecule has 2 rings (SSSR count). The molecule has 32 heavy (non-hydrogen) atoms. The third-order valence-corrected chi connectivity index (χ3v) is 5.56. The van der Waals surface area contributed by atoms with Crippen molar-refractivity contribution in [2.24, 2.45) is 4.99 Å². The van der Waals surface area contributed by atoms with Gasteiger partial charge >= 0.3 is 5.97 Å². The highest BCUT2D eigenvalue weighted by molar-refractivity contribution is 5.82. The molecule has 0 aliphatic carbocycles. The second-order valence-electron chi connectivity index (χ2n) is 8.46. The summed E-state index contributed by atoms with van der Waals surface area (Å²) in [5.41, 5.74) is 1.68. The van der Waals surface area contributed by atoms with E-state index in [1.54, 1.807) is 42.6 Å². The fraction of sp³-hybridized carbons (Fsp3) is 0.500. The number of rotatable bonds is 16. The highest BCUT2D eigenvalue weighted by atomic mass is 16.5. The van der Waals surface area contributed by atoms with E-state index in [4.69, 9.17) is 4.74 Å². The van der Waals surface area contributed by atoms with Crippen LogP contribution in [0.25, 0.3) is 0 Å². The SMILES string of the molecule is CCCCCCCCCCCCCCC(=O)Oc1ccc(N=Cc2ccc(O)cc2)cc1. The Morgan fingerprint density at radius 1 is 0.781 bits per heavy atom. The maximum absolute atomic E-state index is 12.0. The van der Waals surface area contributed by atoms with Crippen LogP contribution in [0.1, 0.15) is 96.0 Å². The second-order valence-corrected chi connectivity index (χ2v) is 8.46. The predicted octanol–water partition coefficient (Wildman–Crippen LogP) is 8.14. The molecular formula is C28H39NO3. The Balaban J connectivity index is 1.52. The fourth-order valence-electron chi connectivity index (χ4n) is 3.60. The van der Waals surface area contributed by atoms with Crippen LogP contribution >= 0.6 is 0 Å². The number of benzene rings is 2. The number of aliphatic imine (C=N–C) groups is 1. The Labute approximate surface area is 193 Å². The molecule has 0 atom stereocenters. The Hall–Kier alpha value is -2.62. The largest absolute Gasteiger partial charge is 0.508 e. The van der Waals surface area contributed by atoms with Crippen LogP contribution in [-0.2, 0) is 4.79 Å². The maximum atomic E-state index is 12.0. The van der Waals surface area contributed by atoms with E-state index < -0.39 is 0 Å². The number of nitrogens with zero attached hydrogens (tertiary/aromatic N) is 1. The number of hydrogen-bond donors (Lipinski definition) is 1. The van der Waals surface area contributed by atoms with Crippen molar-refractivity contribution < 1.29 is 14.6 Å². The van der Waals surface area contributed by atoms with Gasteiger partial charge in [-0.2, -0.15) is 0 Å². The zero-order valence-electron chi connectivity index (χ0n) is 19.6. The molecule has 1 N–H and O–H groups in total. The number of unbranched alkanes of at least 4 members (excludes halogenated alkanes) is 11. The summed E-state index contributed by atoms with van der Waals surface area (Å²) in [6, 6.07) is 14.0. The maximum Gasteiger partial charge on any atom is 0.311 e. The first-order valence-electron chi connectivity index (χ1n) is 12.3. The summed E-state index contributed by atoms with van der Waals surface area (Å²) in [4.78, 5) is 16.4. The van der Waals surface area contributed by atoms with Gasteiger partial charge < -0.3 is 9.84 Å². The molecular weight excluding hydrogens is 398 g/mol. The molecule has 2 aromatic carbocycles. The van der Waals surface area contributed by atoms with Gasteiger partial charge in [0.05, 0.1) is 5.69 Å². The van der Waals surface area contributed by atoms with Gasteiger partial charge in [0.25, 0.3) is 0 Å². The normalized spacial score (nSPS) is 11.2. The zero-order chi connectivity index (χ0) is 22.9. The van der Waals surface area contributed by atoms with E-state index >= 15 is 0 Å². The summed E-state index contributed by atoms with van der Waals surface area (Å²) in [5, 5.41) is 9.31. The molecule has 0 aromatic heterocycles. The molecule has 0 aliphatic heterocycles. The number of phenols is 1. The monoisotopic (exact) mass is 437 g/mol. The van der Waals surface area contributed by atoms with Crippen molar-refractivity contribution in [3.05, 3.63) is 54.1 Å². The minimum absolute atomic E-state index is 0.169. The standard InChI is InChI=1S/C28H39NO3/c1-2-3-4-5-6-7-8-9-10-11-12-13-14-28(31)32-27-21-17-25(18-22-27)29-23-24-15-19-26(30)20-16-24/h15-23,30H,2-14H2,1H3. The first-order valence-corrected chi connectivity index (χ1v) is 12.3. The molecule has 0 aliphatic rings. The fourth-order valence-corrected chi connectivity index (χ4v) is 3.60. The topological polar surface area (TPSA) is 58.9 Å². The third kappa shape index (κ3) is 11.7. The molecule has 0 amide bonds. The first kappa shape index (κ1) is 25.6. The van der Waals surface area contributed by atoms with Crippen molar-refractivity contribution in [2.45, 2.75) is 90.4 Å². The lowest BCUT2D eigenvalue weighted by atomic mass is 10.0. The van der Waals surface area contributed by atoms with Gasteiger partial charge in [0, 0.05) is 12.6 Å². The lowest BCUT2D eigenvalue weighted by Crippen LogP contribution is -2.07. The minimum atomic E-state index is -0.169. The number of carbonyl (C=O) groups excluding carboxylic acids is 1. The van der Waals surface area contributed by atoms with E-state index in [2.05, 4.69) is 11.9 Å². The molecule has 0 radical (unpaired) electrons. The molecule has 0 unspecified atom stereocenters. The molecule has 0 fully saturated rings. The van der Waals surface area contributed by atoms with Crippen LogP contribution in [0.4, 0.5) is 5.69 Å². The van der Waals surface area contributed by atoms with E-state index in [0.29, 0.717) is 12.2 Å². The van der Waals surface area contributed by atoms with Crippen molar-refractivity contribution in [3.8, 4) is 11.5 Å². The van der Waals surface area contributed by atoms with E-state index in [1.165, 1.54) is 64.2 Å². The summed E-state index contributed by atoms with van der Waals surface area (Å²) in [5.74, 6) is 0.617. The molecule has 0 bridgehead atoms. The summed E-state index contributed by atoms with van der Waals surface area (Å²) < 4.78 is 5.43. The Morgan fingerprint density at radius 2 is 1.31 bits per heavy atom. The summed E-state index contributed by atoms with van der Waals surface area (Å²) in [6.45, 7) is 2.26. The molecule has 4 heteroatoms. The van der Waals surface area contributed by atoms with Crippen molar-refractivity contribution >= 4 is 17.9 Å². The molecule has 174 valence electrons. The first-order chi connectivity index (χ1) is 15.7. The number of ether oxygens (including phenoxy) is 1. The number of hydrogen-bond acceptors (Lipinski definition) is 4. The van der Waals surface area contributed by atoms with Crippen LogP contribution < -0.4 is 4.74 Å². The lowest BCUT2D eigenvalue weighted by molar-refractivity contribution is -0.134. The van der Waals surface area contributed by atoms with Crippen LogP contribution in [0.5, 0.6) is 11.5 Å². The number of phenolic OH excluding ortho intramolecular Hbond substituents is 1. The van der Waals surface area contributed by atoms with Crippen molar-refractivity contribution in [1.82, 2.24) is 0 Å². The third-order valence-electron chi connectivity index (χ3n) is 5.56. The molecule has 4 nitrogen and oxygen atoms in total. The highest BCUT2D eigenvalue weighted by Gasteiger charge is 2.05. The van der Waals surface area contributed by atoms with Crippen molar-refractivity contribution in [2.75, 3.05) is 0 Å². The van der Waals surface area contributed by atoms with E-state index in [-0.39, 0.29) is 11.7 Å². The zero-order valence-corrected chi connectivity index (χ0v) is 19.6. The van der Waals surface area contributed by atoms with Gasteiger partial charge in [0.1, 0.15) is 11.5 Å². The van der Waals surface area contributed by atoms with Crippen LogP contribution in [0, 0.1) is 0 Å². The van der Waals surface area contributed by atoms with E-state index in [9.17, 15) is 9.90 Å². The van der Waals surface area contributed by atoms with E-state index in [1.807, 2.05) is 12.1 Å². The summed E-state index contributed by atoms with van der Waals surface area (Å²) >= 11 is 0. The summed E-state index contributed by atoms with van der Waals surface area (Å²) in [6.07, 6.45) is 17.6. The van der Waals surface area contributed by atoms with Crippen molar-refractivity contribution in [1.29, 1.82) is 0 Å². The molecule has 0 spiro atoms. The average molecular weight is 438 g/mol. The quantitative estimate of drug-likeness (QED) is 0.125. The average Bonchev–Trinajstić information content (AvgIpc) is 2.80. The smallest absolute Gasteiger partial charge is 0.311 e. The number of aromatic hydroxyl groups is 1.